The molecule has 0 bridgehead atoms. The van der Waals surface area contributed by atoms with Gasteiger partial charge in [-0.1, -0.05) is 6.92 Å². The molecule has 2 N–H and O–H groups in total. The number of hydrogen-bond acceptors (Lipinski definition) is 4. The number of hydrogen-bond donors (Lipinski definition) is 1. The van der Waals surface area contributed by atoms with Gasteiger partial charge in [-0.2, -0.15) is 0 Å². The molecule has 16 heavy (non-hydrogen) atoms. The molecule has 1 unspecified atom stereocenters. The van der Waals surface area contributed by atoms with Crippen LogP contribution in [0.4, 0.5) is 0 Å². The smallest absolute Gasteiger partial charge is 0.148 e. The fourth-order valence-corrected chi connectivity index (χ4v) is 2.22. The lowest BCUT2D eigenvalue weighted by molar-refractivity contribution is 0.328. The SMILES string of the molecule is CC(CCN)CCCN(C)CCS(C)(=O)=O. The van der Waals surface area contributed by atoms with E-state index in [2.05, 4.69) is 11.8 Å². The van der Waals surface area contributed by atoms with Crippen LogP contribution in [0.1, 0.15) is 26.2 Å². The molecule has 0 aromatic rings. The third-order valence-corrected chi connectivity index (χ3v) is 3.66. The van der Waals surface area contributed by atoms with Gasteiger partial charge in [0.1, 0.15) is 9.84 Å². The fourth-order valence-electron chi connectivity index (χ4n) is 1.57. The predicted molar refractivity (Wildman–Crippen MR) is 69.3 cm³/mol. The van der Waals surface area contributed by atoms with Crippen LogP contribution in [-0.2, 0) is 9.84 Å². The summed E-state index contributed by atoms with van der Waals surface area (Å²) < 4.78 is 21.9. The minimum Gasteiger partial charge on any atom is -0.330 e. The first kappa shape index (κ1) is 15.9. The van der Waals surface area contributed by atoms with Gasteiger partial charge in [-0.3, -0.25) is 0 Å². The van der Waals surface area contributed by atoms with E-state index in [1.54, 1.807) is 0 Å². The van der Waals surface area contributed by atoms with E-state index in [-0.39, 0.29) is 5.75 Å². The number of rotatable bonds is 9. The highest BCUT2D eigenvalue weighted by atomic mass is 32.2. The Hall–Kier alpha value is -0.130. The molecule has 0 aromatic heterocycles. The van der Waals surface area contributed by atoms with Crippen LogP contribution in [0.25, 0.3) is 0 Å². The van der Waals surface area contributed by atoms with Crippen LogP contribution >= 0.6 is 0 Å². The minimum atomic E-state index is -2.83. The second kappa shape index (κ2) is 8.03. The fraction of sp³-hybridized carbons (Fsp3) is 1.00. The Kier molecular flexibility index (Phi) is 7.97. The van der Waals surface area contributed by atoms with Gasteiger partial charge in [-0.05, 0) is 45.3 Å². The molecule has 5 heteroatoms. The van der Waals surface area contributed by atoms with Crippen LogP contribution in [-0.4, -0.2) is 52.0 Å². The van der Waals surface area contributed by atoms with Gasteiger partial charge in [0.05, 0.1) is 5.75 Å². The molecule has 0 saturated heterocycles. The van der Waals surface area contributed by atoms with Crippen LogP contribution in [0.3, 0.4) is 0 Å². The Morgan fingerprint density at radius 3 is 2.38 bits per heavy atom. The number of sulfone groups is 1. The van der Waals surface area contributed by atoms with E-state index in [1.807, 2.05) is 7.05 Å². The highest BCUT2D eigenvalue weighted by Crippen LogP contribution is 2.09. The summed E-state index contributed by atoms with van der Waals surface area (Å²) in [4.78, 5) is 2.08. The van der Waals surface area contributed by atoms with Gasteiger partial charge in [0.25, 0.3) is 0 Å². The van der Waals surface area contributed by atoms with Crippen LogP contribution in [0.15, 0.2) is 0 Å². The molecular formula is C11H26N2O2S. The molecule has 0 aliphatic rings. The first-order chi connectivity index (χ1) is 7.35. The van der Waals surface area contributed by atoms with Crippen molar-refractivity contribution in [3.8, 4) is 0 Å². The summed E-state index contributed by atoms with van der Waals surface area (Å²) in [7, 11) is -0.856. The van der Waals surface area contributed by atoms with Crippen molar-refractivity contribution in [2.45, 2.75) is 26.2 Å². The summed E-state index contributed by atoms with van der Waals surface area (Å²) >= 11 is 0. The largest absolute Gasteiger partial charge is 0.330 e. The van der Waals surface area contributed by atoms with Crippen LogP contribution in [0.2, 0.25) is 0 Å². The number of nitrogens with two attached hydrogens (primary N) is 1. The van der Waals surface area contributed by atoms with Gasteiger partial charge in [0.2, 0.25) is 0 Å². The molecule has 0 spiro atoms. The highest BCUT2D eigenvalue weighted by Gasteiger charge is 2.06. The molecule has 0 aliphatic heterocycles. The lowest BCUT2D eigenvalue weighted by Crippen LogP contribution is -2.26. The van der Waals surface area contributed by atoms with E-state index in [4.69, 9.17) is 5.73 Å². The van der Waals surface area contributed by atoms with E-state index in [1.165, 1.54) is 12.7 Å². The molecule has 1 atom stereocenters. The Morgan fingerprint density at radius 2 is 1.88 bits per heavy atom. The summed E-state index contributed by atoms with van der Waals surface area (Å²) in [6.07, 6.45) is 4.64. The molecule has 0 heterocycles. The standard InChI is InChI=1S/C11H26N2O2S/c1-11(6-7-12)5-4-8-13(2)9-10-16(3,14)15/h11H,4-10,12H2,1-3H3. The second-order valence-corrected chi connectivity index (χ2v) is 7.02. The molecular weight excluding hydrogens is 224 g/mol. The van der Waals surface area contributed by atoms with Gasteiger partial charge in [-0.15, -0.1) is 0 Å². The number of nitrogens with zero attached hydrogens (tertiary/aromatic N) is 1. The maximum Gasteiger partial charge on any atom is 0.148 e. The van der Waals surface area contributed by atoms with Crippen LogP contribution in [0.5, 0.6) is 0 Å². The topological polar surface area (TPSA) is 63.4 Å². The van der Waals surface area contributed by atoms with Crippen molar-refractivity contribution in [1.29, 1.82) is 0 Å². The van der Waals surface area contributed by atoms with Crippen molar-refractivity contribution < 1.29 is 8.42 Å². The van der Waals surface area contributed by atoms with Crippen molar-refractivity contribution in [3.05, 3.63) is 0 Å². The zero-order valence-corrected chi connectivity index (χ0v) is 11.6. The highest BCUT2D eigenvalue weighted by molar-refractivity contribution is 7.90. The summed E-state index contributed by atoms with van der Waals surface area (Å²) in [5.41, 5.74) is 5.48. The molecule has 0 aliphatic carbocycles. The monoisotopic (exact) mass is 250 g/mol. The third kappa shape index (κ3) is 10.4. The summed E-state index contributed by atoms with van der Waals surface area (Å²) in [6, 6.07) is 0. The molecule has 98 valence electrons. The Morgan fingerprint density at radius 1 is 1.25 bits per heavy atom. The van der Waals surface area contributed by atoms with E-state index in [9.17, 15) is 8.42 Å². The van der Waals surface area contributed by atoms with Crippen molar-refractivity contribution in [1.82, 2.24) is 4.90 Å². The lowest BCUT2D eigenvalue weighted by atomic mass is 10.0. The lowest BCUT2D eigenvalue weighted by Gasteiger charge is -2.17. The average Bonchev–Trinajstić information content (AvgIpc) is 2.14. The Labute approximate surface area is 100 Å². The minimum absolute atomic E-state index is 0.252. The van der Waals surface area contributed by atoms with E-state index in [0.29, 0.717) is 12.5 Å². The third-order valence-electron chi connectivity index (χ3n) is 2.74. The molecule has 0 saturated carbocycles. The van der Waals surface area contributed by atoms with Crippen molar-refractivity contribution >= 4 is 9.84 Å². The van der Waals surface area contributed by atoms with Crippen molar-refractivity contribution in [2.24, 2.45) is 11.7 Å². The second-order valence-electron chi connectivity index (χ2n) is 4.76. The zero-order valence-electron chi connectivity index (χ0n) is 10.8. The summed E-state index contributed by atoms with van der Waals surface area (Å²) in [6.45, 7) is 4.56. The van der Waals surface area contributed by atoms with Gasteiger partial charge in [0.15, 0.2) is 0 Å². The molecule has 0 rings (SSSR count). The van der Waals surface area contributed by atoms with E-state index < -0.39 is 9.84 Å². The Bertz CT molecular complexity index is 265. The van der Waals surface area contributed by atoms with Gasteiger partial charge in [-0.25, -0.2) is 8.42 Å². The molecule has 4 nitrogen and oxygen atoms in total. The molecule has 0 amide bonds. The maximum absolute atomic E-state index is 11.0. The maximum atomic E-state index is 11.0. The Balaban J connectivity index is 3.54. The first-order valence-corrected chi connectivity index (χ1v) is 7.97. The van der Waals surface area contributed by atoms with Crippen LogP contribution in [0, 0.1) is 5.92 Å². The van der Waals surface area contributed by atoms with Crippen molar-refractivity contribution in [3.63, 3.8) is 0 Å². The summed E-state index contributed by atoms with van der Waals surface area (Å²) in [5, 5.41) is 0. The van der Waals surface area contributed by atoms with Crippen molar-refractivity contribution in [2.75, 3.05) is 38.7 Å². The van der Waals surface area contributed by atoms with Crippen LogP contribution < -0.4 is 5.73 Å². The van der Waals surface area contributed by atoms with E-state index >= 15 is 0 Å². The first-order valence-electron chi connectivity index (χ1n) is 5.91. The van der Waals surface area contributed by atoms with Gasteiger partial charge >= 0.3 is 0 Å². The van der Waals surface area contributed by atoms with E-state index in [0.717, 1.165) is 25.9 Å². The van der Waals surface area contributed by atoms with Gasteiger partial charge < -0.3 is 10.6 Å². The quantitative estimate of drug-likeness (QED) is 0.655. The zero-order chi connectivity index (χ0) is 12.6. The van der Waals surface area contributed by atoms with Gasteiger partial charge in [0, 0.05) is 12.8 Å². The molecule has 0 fully saturated rings. The predicted octanol–water partition coefficient (Wildman–Crippen LogP) is 0.728. The summed E-state index contributed by atoms with van der Waals surface area (Å²) in [5.74, 6) is 0.926. The normalized spacial score (nSPS) is 14.3. The molecule has 0 radical (unpaired) electrons. The average molecular weight is 250 g/mol. The molecule has 0 aromatic carbocycles.